The van der Waals surface area contributed by atoms with Gasteiger partial charge in [0.25, 0.3) is 0 Å². The summed E-state index contributed by atoms with van der Waals surface area (Å²) in [5.74, 6) is -0.517. The Morgan fingerprint density at radius 2 is 2.05 bits per heavy atom. The third kappa shape index (κ3) is 2.36. The van der Waals surface area contributed by atoms with Crippen LogP contribution in [0.25, 0.3) is 10.8 Å². The Morgan fingerprint density at radius 1 is 1.29 bits per heavy atom. The van der Waals surface area contributed by atoms with E-state index in [4.69, 9.17) is 0 Å². The van der Waals surface area contributed by atoms with E-state index in [-0.39, 0.29) is 11.8 Å². The van der Waals surface area contributed by atoms with Crippen molar-refractivity contribution in [2.45, 2.75) is 31.8 Å². The molecule has 4 nitrogen and oxygen atoms in total. The average molecular weight is 285 g/mol. The second-order valence-electron chi connectivity index (χ2n) is 5.63. The first-order chi connectivity index (χ1) is 10.1. The van der Waals surface area contributed by atoms with Crippen LogP contribution >= 0.6 is 0 Å². The van der Waals surface area contributed by atoms with Gasteiger partial charge >= 0.3 is 5.97 Å². The van der Waals surface area contributed by atoms with E-state index in [1.54, 1.807) is 0 Å². The van der Waals surface area contributed by atoms with E-state index in [2.05, 4.69) is 0 Å². The highest BCUT2D eigenvalue weighted by Crippen LogP contribution is 2.37. The van der Waals surface area contributed by atoms with Crippen molar-refractivity contribution in [1.82, 2.24) is 4.90 Å². The van der Waals surface area contributed by atoms with Crippen molar-refractivity contribution in [2.24, 2.45) is 0 Å². The molecule has 2 unspecified atom stereocenters. The summed E-state index contributed by atoms with van der Waals surface area (Å²) in [6.07, 6.45) is 1.56. The smallest absolute Gasteiger partial charge is 0.320 e. The van der Waals surface area contributed by atoms with Crippen LogP contribution in [0.1, 0.15) is 31.4 Å². The van der Waals surface area contributed by atoms with E-state index in [9.17, 15) is 15.0 Å². The van der Waals surface area contributed by atoms with Gasteiger partial charge in [0.15, 0.2) is 0 Å². The minimum atomic E-state index is -0.778. The van der Waals surface area contributed by atoms with Crippen molar-refractivity contribution in [3.8, 4) is 5.75 Å². The van der Waals surface area contributed by atoms with Crippen molar-refractivity contribution in [1.29, 1.82) is 0 Å². The van der Waals surface area contributed by atoms with Crippen LogP contribution in [0.2, 0.25) is 0 Å². The summed E-state index contributed by atoms with van der Waals surface area (Å²) < 4.78 is 0. The molecule has 0 bridgehead atoms. The highest BCUT2D eigenvalue weighted by atomic mass is 16.4. The molecule has 0 radical (unpaired) electrons. The van der Waals surface area contributed by atoms with Gasteiger partial charge in [0.1, 0.15) is 11.8 Å². The highest BCUT2D eigenvalue weighted by Gasteiger charge is 2.34. The predicted octanol–water partition coefficient (Wildman–Crippen LogP) is 3.16. The number of phenolic OH excluding ortho intramolecular Hbond substituents is 1. The highest BCUT2D eigenvalue weighted by molar-refractivity contribution is 5.89. The number of benzene rings is 2. The van der Waals surface area contributed by atoms with Crippen LogP contribution in [0.15, 0.2) is 36.4 Å². The molecule has 0 amide bonds. The molecule has 1 fully saturated rings. The van der Waals surface area contributed by atoms with E-state index in [0.29, 0.717) is 6.42 Å². The number of rotatable bonds is 3. The SMILES string of the molecule is CC(c1ccc2ccccc2c1O)N1CCCC1C(=O)O. The summed E-state index contributed by atoms with van der Waals surface area (Å²) in [4.78, 5) is 13.3. The molecule has 0 aromatic heterocycles. The van der Waals surface area contributed by atoms with Gasteiger partial charge in [-0.05, 0) is 31.7 Å². The molecule has 1 heterocycles. The van der Waals surface area contributed by atoms with E-state index in [0.717, 1.165) is 29.3 Å². The lowest BCUT2D eigenvalue weighted by atomic mass is 9.99. The standard InChI is InChI=1S/C17H19NO3/c1-11(18-10-4-7-15(18)17(20)21)13-9-8-12-5-2-3-6-14(12)16(13)19/h2-3,5-6,8-9,11,15,19H,4,7,10H2,1H3,(H,20,21). The minimum absolute atomic E-state index is 0.113. The van der Waals surface area contributed by atoms with Gasteiger partial charge in [0, 0.05) is 17.0 Å². The van der Waals surface area contributed by atoms with Crippen LogP contribution in [-0.2, 0) is 4.79 Å². The van der Waals surface area contributed by atoms with Crippen molar-refractivity contribution < 1.29 is 15.0 Å². The van der Waals surface area contributed by atoms with Crippen molar-refractivity contribution in [2.75, 3.05) is 6.54 Å². The zero-order valence-corrected chi connectivity index (χ0v) is 12.0. The first-order valence-corrected chi connectivity index (χ1v) is 7.28. The number of aliphatic carboxylic acids is 1. The zero-order chi connectivity index (χ0) is 15.0. The predicted molar refractivity (Wildman–Crippen MR) is 81.4 cm³/mol. The number of carboxylic acid groups (broad SMARTS) is 1. The molecule has 0 aliphatic carbocycles. The van der Waals surface area contributed by atoms with Crippen molar-refractivity contribution in [3.05, 3.63) is 42.0 Å². The number of phenols is 1. The third-order valence-corrected chi connectivity index (χ3v) is 4.46. The van der Waals surface area contributed by atoms with Crippen LogP contribution < -0.4 is 0 Å². The number of hydrogen-bond acceptors (Lipinski definition) is 3. The normalized spacial score (nSPS) is 20.7. The maximum Gasteiger partial charge on any atom is 0.320 e. The van der Waals surface area contributed by atoms with Crippen LogP contribution in [-0.4, -0.2) is 33.7 Å². The van der Waals surface area contributed by atoms with E-state index >= 15 is 0 Å². The van der Waals surface area contributed by atoms with Gasteiger partial charge in [0.2, 0.25) is 0 Å². The minimum Gasteiger partial charge on any atom is -0.507 e. The molecular weight excluding hydrogens is 266 g/mol. The van der Waals surface area contributed by atoms with Gasteiger partial charge in [-0.15, -0.1) is 0 Å². The van der Waals surface area contributed by atoms with Crippen LogP contribution in [0.5, 0.6) is 5.75 Å². The summed E-state index contributed by atoms with van der Waals surface area (Å²) in [6, 6.07) is 11.0. The van der Waals surface area contributed by atoms with Crippen LogP contribution in [0.3, 0.4) is 0 Å². The number of nitrogens with zero attached hydrogens (tertiary/aromatic N) is 1. The topological polar surface area (TPSA) is 60.8 Å². The molecule has 3 rings (SSSR count). The third-order valence-electron chi connectivity index (χ3n) is 4.46. The van der Waals surface area contributed by atoms with E-state index < -0.39 is 12.0 Å². The summed E-state index contributed by atoms with van der Waals surface area (Å²) >= 11 is 0. The van der Waals surface area contributed by atoms with E-state index in [1.807, 2.05) is 48.2 Å². The molecule has 1 saturated heterocycles. The second kappa shape index (κ2) is 5.37. The summed E-state index contributed by atoms with van der Waals surface area (Å²) in [6.45, 7) is 2.72. The van der Waals surface area contributed by atoms with Gasteiger partial charge in [-0.1, -0.05) is 36.4 Å². The Labute approximate surface area is 123 Å². The first-order valence-electron chi connectivity index (χ1n) is 7.28. The van der Waals surface area contributed by atoms with Gasteiger partial charge in [-0.2, -0.15) is 0 Å². The van der Waals surface area contributed by atoms with Gasteiger partial charge < -0.3 is 10.2 Å². The maximum atomic E-state index is 11.3. The fraction of sp³-hybridized carbons (Fsp3) is 0.353. The van der Waals surface area contributed by atoms with Crippen molar-refractivity contribution >= 4 is 16.7 Å². The number of aromatic hydroxyl groups is 1. The molecule has 1 aliphatic rings. The second-order valence-corrected chi connectivity index (χ2v) is 5.63. The average Bonchev–Trinajstić information content (AvgIpc) is 2.97. The molecule has 2 aromatic carbocycles. The molecule has 110 valence electrons. The Morgan fingerprint density at radius 3 is 2.81 bits per heavy atom. The number of likely N-dealkylation sites (tertiary alicyclic amines) is 1. The molecule has 2 aromatic rings. The van der Waals surface area contributed by atoms with E-state index in [1.165, 1.54) is 0 Å². The Hall–Kier alpha value is -2.07. The fourth-order valence-electron chi connectivity index (χ4n) is 3.31. The van der Waals surface area contributed by atoms with Crippen LogP contribution in [0.4, 0.5) is 0 Å². The molecular formula is C17H19NO3. The van der Waals surface area contributed by atoms with Gasteiger partial charge in [-0.25, -0.2) is 0 Å². The number of hydrogen-bond donors (Lipinski definition) is 2. The lowest BCUT2D eigenvalue weighted by Gasteiger charge is -2.29. The Kier molecular flexibility index (Phi) is 3.55. The lowest BCUT2D eigenvalue weighted by molar-refractivity contribution is -0.142. The Bertz CT molecular complexity index is 683. The lowest BCUT2D eigenvalue weighted by Crippen LogP contribution is -2.37. The quantitative estimate of drug-likeness (QED) is 0.909. The molecule has 2 atom stereocenters. The molecule has 21 heavy (non-hydrogen) atoms. The summed E-state index contributed by atoms with van der Waals surface area (Å²) in [7, 11) is 0. The molecule has 0 saturated carbocycles. The maximum absolute atomic E-state index is 11.3. The largest absolute Gasteiger partial charge is 0.507 e. The number of fused-ring (bicyclic) bond motifs is 1. The number of carbonyl (C=O) groups is 1. The zero-order valence-electron chi connectivity index (χ0n) is 12.0. The van der Waals surface area contributed by atoms with Crippen molar-refractivity contribution in [3.63, 3.8) is 0 Å². The fourth-order valence-corrected chi connectivity index (χ4v) is 3.31. The summed E-state index contributed by atoms with van der Waals surface area (Å²) in [5, 5.41) is 21.6. The molecule has 0 spiro atoms. The molecule has 2 N–H and O–H groups in total. The van der Waals surface area contributed by atoms with Gasteiger partial charge in [0.05, 0.1) is 0 Å². The monoisotopic (exact) mass is 285 g/mol. The Balaban J connectivity index is 2.00. The van der Waals surface area contributed by atoms with Gasteiger partial charge in [-0.3, -0.25) is 9.69 Å². The molecule has 4 heteroatoms. The molecule has 1 aliphatic heterocycles. The van der Waals surface area contributed by atoms with Crippen LogP contribution in [0, 0.1) is 0 Å². The first kappa shape index (κ1) is 13.9. The summed E-state index contributed by atoms with van der Waals surface area (Å²) in [5.41, 5.74) is 0.793. The number of carboxylic acids is 1.